The molecule has 7 nitrogen and oxygen atoms in total. The minimum Gasteiger partial charge on any atom is -0.381 e. The number of hydrogen-bond acceptors (Lipinski definition) is 5. The molecular weight excluding hydrogens is 447 g/mol. The highest BCUT2D eigenvalue weighted by molar-refractivity contribution is 6.33. The van der Waals surface area contributed by atoms with Gasteiger partial charge < -0.3 is 15.0 Å². The number of anilines is 3. The van der Waals surface area contributed by atoms with Gasteiger partial charge in [-0.3, -0.25) is 9.59 Å². The third kappa shape index (κ3) is 5.07. The summed E-state index contributed by atoms with van der Waals surface area (Å²) in [6.45, 7) is 3.68. The molecule has 3 aromatic rings. The molecule has 1 amide bonds. The van der Waals surface area contributed by atoms with Crippen molar-refractivity contribution in [2.24, 2.45) is 5.92 Å². The van der Waals surface area contributed by atoms with Crippen LogP contribution in [0.25, 0.3) is 5.69 Å². The van der Waals surface area contributed by atoms with Crippen LogP contribution in [0.2, 0.25) is 5.02 Å². The molecule has 0 spiro atoms. The number of halogens is 2. The number of nitrogens with zero attached hydrogens (tertiary/aromatic N) is 3. The van der Waals surface area contributed by atoms with Crippen molar-refractivity contribution in [3.63, 3.8) is 0 Å². The van der Waals surface area contributed by atoms with Gasteiger partial charge in [0.25, 0.3) is 5.56 Å². The molecule has 0 aliphatic carbocycles. The molecule has 2 aromatic carbocycles. The molecule has 9 heteroatoms. The van der Waals surface area contributed by atoms with Gasteiger partial charge in [-0.15, -0.1) is 0 Å². The van der Waals surface area contributed by atoms with Gasteiger partial charge in [0.05, 0.1) is 30.1 Å². The van der Waals surface area contributed by atoms with Crippen molar-refractivity contribution >= 4 is 34.6 Å². The van der Waals surface area contributed by atoms with Gasteiger partial charge in [-0.2, -0.15) is 9.78 Å². The maximum Gasteiger partial charge on any atom is 0.292 e. The van der Waals surface area contributed by atoms with Crippen LogP contribution < -0.4 is 15.8 Å². The second kappa shape index (κ2) is 10.1. The quantitative estimate of drug-likeness (QED) is 0.572. The molecule has 0 radical (unpaired) electrons. The van der Waals surface area contributed by atoms with Crippen LogP contribution in [-0.2, 0) is 9.53 Å². The minimum atomic E-state index is -0.534. The summed E-state index contributed by atoms with van der Waals surface area (Å²) < 4.78 is 19.8. The summed E-state index contributed by atoms with van der Waals surface area (Å²) in [6.07, 6.45) is 2.92. The van der Waals surface area contributed by atoms with Crippen molar-refractivity contribution in [1.29, 1.82) is 0 Å². The third-order valence-corrected chi connectivity index (χ3v) is 5.93. The van der Waals surface area contributed by atoms with Crippen molar-refractivity contribution in [3.8, 4) is 5.69 Å². The molecule has 33 heavy (non-hydrogen) atoms. The number of hydrogen-bond donors (Lipinski definition) is 1. The van der Waals surface area contributed by atoms with Crippen molar-refractivity contribution < 1.29 is 13.9 Å². The summed E-state index contributed by atoms with van der Waals surface area (Å²) in [7, 11) is 0. The van der Waals surface area contributed by atoms with Crippen LogP contribution in [-0.4, -0.2) is 35.4 Å². The van der Waals surface area contributed by atoms with Gasteiger partial charge in [-0.05, 0) is 68.3 Å². The van der Waals surface area contributed by atoms with E-state index in [9.17, 15) is 14.0 Å². The monoisotopic (exact) mass is 470 g/mol. The fraction of sp³-hybridized carbons (Fsp3) is 0.292. The van der Waals surface area contributed by atoms with E-state index in [1.807, 2.05) is 24.0 Å². The Hall–Kier alpha value is -3.23. The van der Waals surface area contributed by atoms with Crippen LogP contribution in [0.4, 0.5) is 21.5 Å². The molecule has 1 atom stereocenters. The minimum absolute atomic E-state index is 0.111. The Labute approximate surface area is 195 Å². The number of aromatic nitrogens is 2. The Morgan fingerprint density at radius 2 is 1.88 bits per heavy atom. The van der Waals surface area contributed by atoms with E-state index in [0.29, 0.717) is 25.4 Å². The average Bonchev–Trinajstić information content (AvgIpc) is 2.85. The summed E-state index contributed by atoms with van der Waals surface area (Å²) in [4.78, 5) is 27.3. The molecule has 1 N–H and O–H groups in total. The zero-order valence-corrected chi connectivity index (χ0v) is 18.9. The predicted octanol–water partition coefficient (Wildman–Crippen LogP) is 4.55. The average molecular weight is 471 g/mol. The van der Waals surface area contributed by atoms with Gasteiger partial charge >= 0.3 is 0 Å². The normalized spacial score (nSPS) is 15.8. The molecule has 1 aliphatic rings. The molecule has 1 aliphatic heterocycles. The van der Waals surface area contributed by atoms with E-state index in [1.165, 1.54) is 23.0 Å². The zero-order chi connectivity index (χ0) is 23.4. The fourth-order valence-electron chi connectivity index (χ4n) is 3.80. The molecule has 1 saturated heterocycles. The van der Waals surface area contributed by atoms with Gasteiger partial charge in [0.15, 0.2) is 0 Å². The summed E-state index contributed by atoms with van der Waals surface area (Å²) in [5.74, 6) is -0.799. The van der Waals surface area contributed by atoms with Crippen LogP contribution in [0.15, 0.2) is 59.5 Å². The Morgan fingerprint density at radius 3 is 2.48 bits per heavy atom. The smallest absolute Gasteiger partial charge is 0.292 e. The number of carbonyl (C=O) groups excluding carboxylic acids is 1. The van der Waals surface area contributed by atoms with E-state index in [4.69, 9.17) is 16.3 Å². The zero-order valence-electron chi connectivity index (χ0n) is 18.1. The highest BCUT2D eigenvalue weighted by atomic mass is 35.5. The second-order valence-corrected chi connectivity index (χ2v) is 8.11. The molecule has 172 valence electrons. The van der Waals surface area contributed by atoms with E-state index < -0.39 is 5.56 Å². The molecule has 0 saturated carbocycles. The number of amides is 1. The van der Waals surface area contributed by atoms with E-state index >= 15 is 0 Å². The first-order valence-corrected chi connectivity index (χ1v) is 11.2. The van der Waals surface area contributed by atoms with Gasteiger partial charge in [0.2, 0.25) is 5.91 Å². The number of rotatable bonds is 6. The van der Waals surface area contributed by atoms with Crippen molar-refractivity contribution in [2.75, 3.05) is 30.0 Å². The fourth-order valence-corrected chi connectivity index (χ4v) is 3.97. The SMILES string of the molecule is CCN(c1ccc(F)cc1)c1ccc(-n2ncc(NC(=O)[C@@H]3CCCOC3)c(Cl)c2=O)cc1. The van der Waals surface area contributed by atoms with Gasteiger partial charge in [-0.1, -0.05) is 11.6 Å². The number of nitrogens with one attached hydrogen (secondary N) is 1. The lowest BCUT2D eigenvalue weighted by Crippen LogP contribution is -2.31. The molecule has 1 fully saturated rings. The van der Waals surface area contributed by atoms with Gasteiger partial charge in [-0.25, -0.2) is 4.39 Å². The Balaban J connectivity index is 1.54. The molecule has 1 aromatic heterocycles. The topological polar surface area (TPSA) is 76.5 Å². The molecule has 0 bridgehead atoms. The summed E-state index contributed by atoms with van der Waals surface area (Å²) >= 11 is 6.27. The van der Waals surface area contributed by atoms with E-state index in [-0.39, 0.29) is 28.4 Å². The highest BCUT2D eigenvalue weighted by Gasteiger charge is 2.23. The molecular formula is C24H24ClFN4O3. The third-order valence-electron chi connectivity index (χ3n) is 5.57. The molecule has 4 rings (SSSR count). The van der Waals surface area contributed by atoms with E-state index in [0.717, 1.165) is 24.2 Å². The standard InChI is InChI=1S/C24H24ClFN4O3/c1-2-29(18-7-5-17(26)6-8-18)19-9-11-20(12-10-19)30-24(32)22(25)21(14-27-30)28-23(31)16-4-3-13-33-15-16/h5-12,14,16H,2-4,13,15H2,1H3,(H,28,31)/t16-/m1/s1. The first kappa shape index (κ1) is 22.9. The van der Waals surface area contributed by atoms with Crippen LogP contribution in [0.1, 0.15) is 19.8 Å². The van der Waals surface area contributed by atoms with Crippen LogP contribution in [0, 0.1) is 11.7 Å². The van der Waals surface area contributed by atoms with Crippen LogP contribution in [0.3, 0.4) is 0 Å². The summed E-state index contributed by atoms with van der Waals surface area (Å²) in [5.41, 5.74) is 1.91. The Kier molecular flexibility index (Phi) is 7.05. The highest BCUT2D eigenvalue weighted by Crippen LogP contribution is 2.26. The predicted molar refractivity (Wildman–Crippen MR) is 126 cm³/mol. The van der Waals surface area contributed by atoms with Crippen molar-refractivity contribution in [3.05, 3.63) is 75.9 Å². The van der Waals surface area contributed by atoms with E-state index in [1.54, 1.807) is 24.3 Å². The summed E-state index contributed by atoms with van der Waals surface area (Å²) in [5, 5.41) is 6.77. The van der Waals surface area contributed by atoms with Crippen molar-refractivity contribution in [1.82, 2.24) is 9.78 Å². The maximum absolute atomic E-state index is 13.3. The van der Waals surface area contributed by atoms with E-state index in [2.05, 4.69) is 10.4 Å². The van der Waals surface area contributed by atoms with Crippen LogP contribution >= 0.6 is 11.6 Å². The molecule has 0 unspecified atom stereocenters. The lowest BCUT2D eigenvalue weighted by molar-refractivity contribution is -0.123. The first-order valence-electron chi connectivity index (χ1n) is 10.8. The van der Waals surface area contributed by atoms with Gasteiger partial charge in [0.1, 0.15) is 10.8 Å². The second-order valence-electron chi connectivity index (χ2n) is 7.73. The lowest BCUT2D eigenvalue weighted by Gasteiger charge is -2.23. The van der Waals surface area contributed by atoms with Gasteiger partial charge in [0, 0.05) is 24.5 Å². The largest absolute Gasteiger partial charge is 0.381 e. The number of benzene rings is 2. The molecule has 2 heterocycles. The number of ether oxygens (including phenoxy) is 1. The first-order chi connectivity index (χ1) is 16.0. The van der Waals surface area contributed by atoms with Crippen molar-refractivity contribution in [2.45, 2.75) is 19.8 Å². The lowest BCUT2D eigenvalue weighted by atomic mass is 10.0. The van der Waals surface area contributed by atoms with Crippen LogP contribution in [0.5, 0.6) is 0 Å². The number of carbonyl (C=O) groups is 1. The Bertz CT molecular complexity index is 1180. The Morgan fingerprint density at radius 1 is 1.21 bits per heavy atom. The maximum atomic E-state index is 13.3. The summed E-state index contributed by atoms with van der Waals surface area (Å²) in [6, 6.07) is 13.5.